The molecule has 0 spiro atoms. The average molecular weight is 458 g/mol. The summed E-state index contributed by atoms with van der Waals surface area (Å²) >= 11 is 0. The second kappa shape index (κ2) is 10.1. The normalized spacial score (nSPS) is 14.6. The Balaban J connectivity index is 1.55. The molecule has 1 heterocycles. The summed E-state index contributed by atoms with van der Waals surface area (Å²) in [6.45, 7) is 2.71. The number of hydrogen-bond donors (Lipinski definition) is 1. The predicted octanol–water partition coefficient (Wildman–Crippen LogP) is 5.44. The molecule has 6 nitrogen and oxygen atoms in total. The van der Waals surface area contributed by atoms with Crippen molar-refractivity contribution >= 4 is 5.97 Å². The third-order valence-corrected chi connectivity index (χ3v) is 5.46. The van der Waals surface area contributed by atoms with E-state index in [0.29, 0.717) is 34.8 Å². The number of fused-ring (bicyclic) bond motifs is 1. The molecular weight excluding hydrogens is 435 g/mol. The fourth-order valence-corrected chi connectivity index (χ4v) is 3.68. The van der Waals surface area contributed by atoms with Crippen LogP contribution in [-0.2, 0) is 0 Å². The number of carbonyl (C=O) groups is 1. The highest BCUT2D eigenvalue weighted by Crippen LogP contribution is 2.43. The van der Waals surface area contributed by atoms with Gasteiger partial charge in [0.05, 0.1) is 18.1 Å². The molecule has 1 aliphatic rings. The van der Waals surface area contributed by atoms with Gasteiger partial charge < -0.3 is 19.9 Å². The number of esters is 1. The van der Waals surface area contributed by atoms with Gasteiger partial charge in [-0.25, -0.2) is 9.18 Å². The average Bonchev–Trinajstić information content (AvgIpc) is 2.84. The van der Waals surface area contributed by atoms with E-state index in [-0.39, 0.29) is 23.0 Å². The van der Waals surface area contributed by atoms with Gasteiger partial charge in [0.1, 0.15) is 34.7 Å². The van der Waals surface area contributed by atoms with Gasteiger partial charge in [-0.05, 0) is 54.4 Å². The first-order valence-electron chi connectivity index (χ1n) is 10.9. The number of nitrogens with two attached hydrogens (primary N) is 1. The highest BCUT2D eigenvalue weighted by molar-refractivity contribution is 5.91. The van der Waals surface area contributed by atoms with E-state index in [1.165, 1.54) is 12.1 Å². The molecule has 3 aromatic carbocycles. The molecule has 0 amide bonds. The summed E-state index contributed by atoms with van der Waals surface area (Å²) in [7, 11) is 0. The number of nitriles is 1. The molecule has 0 saturated heterocycles. The number of rotatable bonds is 7. The number of hydrogen-bond acceptors (Lipinski definition) is 6. The fraction of sp³-hybridized carbons (Fsp3) is 0.185. The fourth-order valence-electron chi connectivity index (χ4n) is 3.68. The Hall–Kier alpha value is -4.31. The Labute approximate surface area is 197 Å². The second-order valence-corrected chi connectivity index (χ2v) is 7.79. The number of allylic oxidation sites excluding steroid dienone is 1. The minimum absolute atomic E-state index is 0.0496. The lowest BCUT2D eigenvalue weighted by Gasteiger charge is -2.26. The van der Waals surface area contributed by atoms with Crippen LogP contribution in [0.5, 0.6) is 17.2 Å². The maximum Gasteiger partial charge on any atom is 0.343 e. The quantitative estimate of drug-likeness (QED) is 0.288. The first-order valence-corrected chi connectivity index (χ1v) is 10.9. The molecular formula is C27H23FN2O4. The molecule has 0 radical (unpaired) electrons. The lowest BCUT2D eigenvalue weighted by atomic mass is 9.83. The third-order valence-electron chi connectivity index (χ3n) is 5.46. The van der Waals surface area contributed by atoms with Gasteiger partial charge in [-0.15, -0.1) is 0 Å². The Morgan fingerprint density at radius 2 is 1.79 bits per heavy atom. The van der Waals surface area contributed by atoms with E-state index in [9.17, 15) is 14.4 Å². The molecule has 0 aliphatic carbocycles. The number of nitrogens with zero attached hydrogens (tertiary/aromatic N) is 1. The van der Waals surface area contributed by atoms with Crippen LogP contribution in [0, 0.1) is 17.1 Å². The molecule has 4 rings (SSSR count). The van der Waals surface area contributed by atoms with Crippen LogP contribution in [0.25, 0.3) is 0 Å². The van der Waals surface area contributed by atoms with Crippen molar-refractivity contribution in [3.8, 4) is 23.3 Å². The third kappa shape index (κ3) is 4.86. The van der Waals surface area contributed by atoms with E-state index in [2.05, 4.69) is 13.0 Å². The predicted molar refractivity (Wildman–Crippen MR) is 124 cm³/mol. The molecule has 0 saturated carbocycles. The summed E-state index contributed by atoms with van der Waals surface area (Å²) in [5.41, 5.74) is 7.95. The van der Waals surface area contributed by atoms with Crippen molar-refractivity contribution in [2.24, 2.45) is 5.73 Å². The van der Waals surface area contributed by atoms with Crippen molar-refractivity contribution in [2.45, 2.75) is 25.7 Å². The van der Waals surface area contributed by atoms with Crippen molar-refractivity contribution in [2.75, 3.05) is 6.61 Å². The van der Waals surface area contributed by atoms with Crippen LogP contribution in [-0.4, -0.2) is 12.6 Å². The maximum absolute atomic E-state index is 13.4. The molecule has 1 unspecified atom stereocenters. The molecule has 1 atom stereocenters. The topological polar surface area (TPSA) is 94.6 Å². The zero-order chi connectivity index (χ0) is 24.1. The van der Waals surface area contributed by atoms with E-state index in [4.69, 9.17) is 19.9 Å². The van der Waals surface area contributed by atoms with Gasteiger partial charge in [-0.1, -0.05) is 31.5 Å². The first-order chi connectivity index (χ1) is 16.5. The zero-order valence-electron chi connectivity index (χ0n) is 18.6. The summed E-state index contributed by atoms with van der Waals surface area (Å²) in [4.78, 5) is 12.6. The van der Waals surface area contributed by atoms with E-state index >= 15 is 0 Å². The molecule has 34 heavy (non-hydrogen) atoms. The minimum Gasteiger partial charge on any atom is -0.494 e. The van der Waals surface area contributed by atoms with Crippen LogP contribution in [0.1, 0.15) is 47.2 Å². The van der Waals surface area contributed by atoms with Gasteiger partial charge in [-0.3, -0.25) is 0 Å². The van der Waals surface area contributed by atoms with Crippen LogP contribution in [0.3, 0.4) is 0 Å². The minimum atomic E-state index is -0.535. The van der Waals surface area contributed by atoms with Crippen LogP contribution in [0.4, 0.5) is 4.39 Å². The van der Waals surface area contributed by atoms with E-state index in [0.717, 1.165) is 12.8 Å². The Morgan fingerprint density at radius 1 is 1.09 bits per heavy atom. The van der Waals surface area contributed by atoms with Crippen LogP contribution in [0.15, 0.2) is 78.2 Å². The highest BCUT2D eigenvalue weighted by Gasteiger charge is 2.31. The Morgan fingerprint density at radius 3 is 2.47 bits per heavy atom. The monoisotopic (exact) mass is 458 g/mol. The van der Waals surface area contributed by atoms with Crippen molar-refractivity contribution in [1.29, 1.82) is 5.26 Å². The molecule has 0 fully saturated rings. The largest absolute Gasteiger partial charge is 0.494 e. The van der Waals surface area contributed by atoms with Gasteiger partial charge in [0, 0.05) is 11.6 Å². The molecule has 1 aliphatic heterocycles. The van der Waals surface area contributed by atoms with Gasteiger partial charge in [0.15, 0.2) is 0 Å². The van der Waals surface area contributed by atoms with Gasteiger partial charge in [0.2, 0.25) is 5.88 Å². The zero-order valence-corrected chi connectivity index (χ0v) is 18.6. The van der Waals surface area contributed by atoms with Crippen LogP contribution in [0.2, 0.25) is 0 Å². The number of unbranched alkanes of at least 4 members (excludes halogenated alkanes) is 1. The summed E-state index contributed by atoms with van der Waals surface area (Å²) < 4.78 is 30.2. The number of carbonyl (C=O) groups excluding carboxylic acids is 1. The Bertz CT molecular complexity index is 1260. The number of ether oxygens (including phenoxy) is 3. The molecule has 172 valence electrons. The van der Waals surface area contributed by atoms with Gasteiger partial charge in [0.25, 0.3) is 0 Å². The molecule has 7 heteroatoms. The highest BCUT2D eigenvalue weighted by atomic mass is 19.1. The van der Waals surface area contributed by atoms with E-state index < -0.39 is 11.9 Å². The molecule has 0 bridgehead atoms. The number of benzene rings is 3. The number of halogens is 1. The van der Waals surface area contributed by atoms with E-state index in [1.54, 1.807) is 54.6 Å². The van der Waals surface area contributed by atoms with Crippen molar-refractivity contribution in [3.05, 3.63) is 101 Å². The van der Waals surface area contributed by atoms with Crippen molar-refractivity contribution < 1.29 is 23.4 Å². The van der Waals surface area contributed by atoms with Crippen molar-refractivity contribution in [1.82, 2.24) is 0 Å². The first kappa shape index (κ1) is 22.9. The van der Waals surface area contributed by atoms with Gasteiger partial charge in [-0.2, -0.15) is 5.26 Å². The summed E-state index contributed by atoms with van der Waals surface area (Å²) in [5.74, 6) is -0.184. The van der Waals surface area contributed by atoms with E-state index in [1.807, 2.05) is 0 Å². The summed E-state index contributed by atoms with van der Waals surface area (Å²) in [6, 6.07) is 19.6. The van der Waals surface area contributed by atoms with Crippen LogP contribution >= 0.6 is 0 Å². The van der Waals surface area contributed by atoms with Gasteiger partial charge >= 0.3 is 5.97 Å². The second-order valence-electron chi connectivity index (χ2n) is 7.79. The molecule has 2 N–H and O–H groups in total. The summed E-state index contributed by atoms with van der Waals surface area (Å²) in [6.07, 6.45) is 2.00. The van der Waals surface area contributed by atoms with Crippen molar-refractivity contribution in [3.63, 3.8) is 0 Å². The smallest absolute Gasteiger partial charge is 0.343 e. The van der Waals surface area contributed by atoms with Crippen LogP contribution < -0.4 is 19.9 Å². The maximum atomic E-state index is 13.4. The molecule has 3 aromatic rings. The SMILES string of the molecule is CCCCOc1ccc(C(=O)Oc2ccc3c(c2)OC(N)=C(C#N)C3c2ccc(F)cc2)cc1. The lowest BCUT2D eigenvalue weighted by molar-refractivity contribution is 0.0734. The summed E-state index contributed by atoms with van der Waals surface area (Å²) in [5, 5.41) is 9.63. The standard InChI is InChI=1S/C27H23FN2O4/c1-2-3-14-32-20-10-6-18(7-11-20)27(31)33-21-12-13-22-24(15-21)34-26(30)23(16-29)25(22)17-4-8-19(28)9-5-17/h4-13,15,25H,2-3,14,30H2,1H3. The molecule has 0 aromatic heterocycles. The lowest BCUT2D eigenvalue weighted by Crippen LogP contribution is -2.21. The Kier molecular flexibility index (Phi) is 6.79.